The van der Waals surface area contributed by atoms with Crippen molar-refractivity contribution in [3.05, 3.63) is 24.3 Å². The highest BCUT2D eigenvalue weighted by atomic mass is 19.4. The zero-order valence-corrected chi connectivity index (χ0v) is 8.16. The van der Waals surface area contributed by atoms with E-state index in [1.165, 1.54) is 12.1 Å². The summed E-state index contributed by atoms with van der Waals surface area (Å²) in [6.45, 7) is -0.756. The van der Waals surface area contributed by atoms with Crippen molar-refractivity contribution in [3.63, 3.8) is 0 Å². The van der Waals surface area contributed by atoms with Crippen LogP contribution in [0.25, 0.3) is 0 Å². The smallest absolute Gasteiger partial charge is 0.407 e. The lowest BCUT2D eigenvalue weighted by atomic mass is 10.2. The number of hydrogen-bond acceptors (Lipinski definition) is 3. The molecule has 0 fully saturated rings. The third kappa shape index (κ3) is 3.05. The van der Waals surface area contributed by atoms with E-state index in [0.29, 0.717) is 0 Å². The number of ether oxygens (including phenoxy) is 1. The normalized spacial score (nSPS) is 12.9. The molecule has 0 radical (unpaired) electrons. The standard InChI is InChI=1S/C10H9F3N2O/c11-10(12,13)7(5-14)6-16-9-4-2-1-3-8(9)15/h1-4,7H,6,15H2. The summed E-state index contributed by atoms with van der Waals surface area (Å²) < 4.78 is 41.4. The van der Waals surface area contributed by atoms with Gasteiger partial charge in [0.1, 0.15) is 12.4 Å². The van der Waals surface area contributed by atoms with E-state index in [9.17, 15) is 13.2 Å². The molecule has 0 aromatic heterocycles. The van der Waals surface area contributed by atoms with Crippen LogP contribution in [0, 0.1) is 17.2 Å². The fourth-order valence-corrected chi connectivity index (χ4v) is 0.990. The minimum absolute atomic E-state index is 0.145. The molecule has 86 valence electrons. The third-order valence-electron chi connectivity index (χ3n) is 1.88. The largest absolute Gasteiger partial charge is 0.490 e. The van der Waals surface area contributed by atoms with Crippen LogP contribution in [0.2, 0.25) is 0 Å². The van der Waals surface area contributed by atoms with E-state index in [2.05, 4.69) is 0 Å². The number of benzene rings is 1. The zero-order chi connectivity index (χ0) is 12.2. The van der Waals surface area contributed by atoms with Crippen LogP contribution >= 0.6 is 0 Å². The number of hydrogen-bond donors (Lipinski definition) is 1. The molecule has 0 bridgehead atoms. The van der Waals surface area contributed by atoms with Gasteiger partial charge in [-0.25, -0.2) is 0 Å². The molecule has 0 aliphatic rings. The van der Waals surface area contributed by atoms with Crippen molar-refractivity contribution in [1.82, 2.24) is 0 Å². The minimum Gasteiger partial charge on any atom is -0.490 e. The third-order valence-corrected chi connectivity index (χ3v) is 1.88. The molecule has 0 spiro atoms. The molecule has 0 heterocycles. The highest BCUT2D eigenvalue weighted by molar-refractivity contribution is 5.51. The van der Waals surface area contributed by atoms with Crippen LogP contribution in [0.4, 0.5) is 18.9 Å². The Morgan fingerprint density at radius 1 is 1.38 bits per heavy atom. The van der Waals surface area contributed by atoms with E-state index in [4.69, 9.17) is 15.7 Å². The van der Waals surface area contributed by atoms with Gasteiger partial charge in [0.2, 0.25) is 0 Å². The first kappa shape index (κ1) is 12.2. The van der Waals surface area contributed by atoms with Crippen molar-refractivity contribution in [2.45, 2.75) is 6.18 Å². The summed E-state index contributed by atoms with van der Waals surface area (Å²) in [4.78, 5) is 0. The summed E-state index contributed by atoms with van der Waals surface area (Å²) in [7, 11) is 0. The molecule has 0 saturated carbocycles. The molecule has 0 saturated heterocycles. The van der Waals surface area contributed by atoms with Crippen molar-refractivity contribution < 1.29 is 17.9 Å². The van der Waals surface area contributed by atoms with E-state index in [1.807, 2.05) is 0 Å². The second kappa shape index (κ2) is 4.75. The molecule has 1 atom stereocenters. The van der Waals surface area contributed by atoms with Crippen LogP contribution in [0.3, 0.4) is 0 Å². The summed E-state index contributed by atoms with van der Waals surface area (Å²) in [6, 6.07) is 7.31. The van der Waals surface area contributed by atoms with E-state index >= 15 is 0 Å². The Morgan fingerprint density at radius 2 is 2.00 bits per heavy atom. The van der Waals surface area contributed by atoms with Gasteiger partial charge in [0.05, 0.1) is 11.8 Å². The molecule has 0 aliphatic carbocycles. The number of halogens is 3. The Balaban J connectivity index is 2.65. The summed E-state index contributed by atoms with van der Waals surface area (Å²) >= 11 is 0. The fourth-order valence-electron chi connectivity index (χ4n) is 0.990. The molecule has 6 heteroatoms. The van der Waals surface area contributed by atoms with Gasteiger partial charge < -0.3 is 10.5 Å². The Kier molecular flexibility index (Phi) is 3.61. The van der Waals surface area contributed by atoms with E-state index in [0.717, 1.165) is 6.07 Å². The van der Waals surface area contributed by atoms with Crippen LogP contribution in [0.1, 0.15) is 0 Å². The average Bonchev–Trinajstić information content (AvgIpc) is 2.19. The number of alkyl halides is 3. The first-order valence-electron chi connectivity index (χ1n) is 4.38. The van der Waals surface area contributed by atoms with Gasteiger partial charge >= 0.3 is 6.18 Å². The number of nitrogens with zero attached hydrogens (tertiary/aromatic N) is 1. The molecule has 3 nitrogen and oxygen atoms in total. The number of rotatable bonds is 3. The topological polar surface area (TPSA) is 59.0 Å². The van der Waals surface area contributed by atoms with Crippen molar-refractivity contribution in [2.24, 2.45) is 5.92 Å². The van der Waals surface area contributed by atoms with Crippen LogP contribution in [0.5, 0.6) is 5.75 Å². The molecular weight excluding hydrogens is 221 g/mol. The van der Waals surface area contributed by atoms with E-state index in [-0.39, 0.29) is 11.4 Å². The van der Waals surface area contributed by atoms with Crippen molar-refractivity contribution in [1.29, 1.82) is 5.26 Å². The van der Waals surface area contributed by atoms with Gasteiger partial charge in [-0.1, -0.05) is 12.1 Å². The molecule has 16 heavy (non-hydrogen) atoms. The van der Waals surface area contributed by atoms with Gasteiger partial charge in [0.25, 0.3) is 0 Å². The Bertz CT molecular complexity index is 398. The van der Waals surface area contributed by atoms with Crippen molar-refractivity contribution >= 4 is 5.69 Å². The van der Waals surface area contributed by atoms with Gasteiger partial charge in [-0.05, 0) is 12.1 Å². The monoisotopic (exact) mass is 230 g/mol. The first-order chi connectivity index (χ1) is 7.45. The fraction of sp³-hybridized carbons (Fsp3) is 0.300. The summed E-state index contributed by atoms with van der Waals surface area (Å²) in [5, 5.41) is 8.33. The summed E-state index contributed by atoms with van der Waals surface area (Å²) in [5.74, 6) is -2.00. The second-order valence-electron chi connectivity index (χ2n) is 3.07. The van der Waals surface area contributed by atoms with Gasteiger partial charge in [-0.15, -0.1) is 0 Å². The molecule has 1 rings (SSSR count). The summed E-state index contributed by atoms with van der Waals surface area (Å²) in [6.07, 6.45) is -4.59. The molecule has 1 aromatic rings. The lowest BCUT2D eigenvalue weighted by molar-refractivity contribution is -0.165. The quantitative estimate of drug-likeness (QED) is 0.811. The molecular formula is C10H9F3N2O. The number of nitrogen functional groups attached to an aromatic ring is 1. The number of anilines is 1. The maximum absolute atomic E-state index is 12.2. The van der Waals surface area contributed by atoms with Gasteiger partial charge in [0.15, 0.2) is 5.92 Å². The Hall–Kier alpha value is -1.90. The maximum atomic E-state index is 12.2. The number of para-hydroxylation sites is 2. The number of nitrogens with two attached hydrogens (primary N) is 1. The molecule has 0 amide bonds. The number of nitriles is 1. The summed E-state index contributed by atoms with van der Waals surface area (Å²) in [5.41, 5.74) is 5.71. The Labute approximate surface area is 90.2 Å². The highest BCUT2D eigenvalue weighted by Gasteiger charge is 2.40. The second-order valence-corrected chi connectivity index (χ2v) is 3.07. The maximum Gasteiger partial charge on any atom is 0.407 e. The van der Waals surface area contributed by atoms with Crippen molar-refractivity contribution in [3.8, 4) is 11.8 Å². The highest BCUT2D eigenvalue weighted by Crippen LogP contribution is 2.27. The van der Waals surface area contributed by atoms with Crippen LogP contribution in [0.15, 0.2) is 24.3 Å². The SMILES string of the molecule is N#CC(COc1ccccc1N)C(F)(F)F. The Morgan fingerprint density at radius 3 is 2.50 bits per heavy atom. The van der Waals surface area contributed by atoms with Gasteiger partial charge in [-0.3, -0.25) is 0 Å². The minimum atomic E-state index is -4.59. The predicted molar refractivity (Wildman–Crippen MR) is 51.5 cm³/mol. The zero-order valence-electron chi connectivity index (χ0n) is 8.16. The van der Waals surface area contributed by atoms with E-state index < -0.39 is 18.7 Å². The lowest BCUT2D eigenvalue weighted by Crippen LogP contribution is -2.27. The first-order valence-corrected chi connectivity index (χ1v) is 4.38. The van der Waals surface area contributed by atoms with E-state index in [1.54, 1.807) is 12.1 Å². The molecule has 2 N–H and O–H groups in total. The van der Waals surface area contributed by atoms with Gasteiger partial charge in [-0.2, -0.15) is 18.4 Å². The van der Waals surface area contributed by atoms with Crippen LogP contribution in [-0.4, -0.2) is 12.8 Å². The van der Waals surface area contributed by atoms with Gasteiger partial charge in [0, 0.05) is 0 Å². The molecule has 1 aromatic carbocycles. The van der Waals surface area contributed by atoms with Crippen LogP contribution in [-0.2, 0) is 0 Å². The lowest BCUT2D eigenvalue weighted by Gasteiger charge is -2.14. The molecule has 1 unspecified atom stereocenters. The average molecular weight is 230 g/mol. The van der Waals surface area contributed by atoms with Crippen LogP contribution < -0.4 is 10.5 Å². The predicted octanol–water partition coefficient (Wildman–Crippen LogP) is 2.35. The molecule has 0 aliphatic heterocycles. The van der Waals surface area contributed by atoms with Crippen molar-refractivity contribution in [2.75, 3.05) is 12.3 Å².